The maximum Gasteiger partial charge on any atom is 0.224 e. The largest absolute Gasteiger partial charge is 0.508 e. The smallest absolute Gasteiger partial charge is 0.224 e. The zero-order valence-corrected chi connectivity index (χ0v) is 15.5. The number of benzene rings is 3. The number of rotatable bonds is 2. The highest BCUT2D eigenvalue weighted by molar-refractivity contribution is 5.68. The molecule has 1 atom stereocenters. The van der Waals surface area contributed by atoms with E-state index in [1.807, 2.05) is 36.4 Å². The van der Waals surface area contributed by atoms with Crippen molar-refractivity contribution in [3.8, 4) is 17.4 Å². The van der Waals surface area contributed by atoms with Crippen molar-refractivity contribution >= 4 is 0 Å². The Balaban J connectivity index is 1.94. The molecule has 1 aliphatic heterocycles. The second-order valence-corrected chi connectivity index (χ2v) is 7.12. The maximum atomic E-state index is 9.90. The Bertz CT molecular complexity index is 1050. The Morgan fingerprint density at radius 1 is 0.750 bits per heavy atom. The monoisotopic (exact) mass is 365 g/mol. The van der Waals surface area contributed by atoms with Crippen LogP contribution in [0.1, 0.15) is 27.8 Å². The Hall–Kier alpha value is -3.59. The van der Waals surface area contributed by atoms with Crippen molar-refractivity contribution in [2.75, 3.05) is 0 Å². The molecule has 136 valence electrons. The van der Waals surface area contributed by atoms with Gasteiger partial charge in [-0.05, 0) is 42.3 Å². The fourth-order valence-electron chi connectivity index (χ4n) is 4.18. The van der Waals surface area contributed by atoms with Crippen LogP contribution in [0, 0.1) is 6.92 Å². The molecule has 4 aromatic rings. The van der Waals surface area contributed by atoms with Gasteiger partial charge in [0.1, 0.15) is 11.5 Å². The predicted octanol–water partition coefficient (Wildman–Crippen LogP) is 5.58. The van der Waals surface area contributed by atoms with E-state index in [0.717, 1.165) is 28.0 Å². The van der Waals surface area contributed by atoms with Gasteiger partial charge in [-0.2, -0.15) is 0 Å². The summed E-state index contributed by atoms with van der Waals surface area (Å²) in [5, 5.41) is 9.90. The highest BCUT2D eigenvalue weighted by Crippen LogP contribution is 2.54. The molecule has 0 saturated heterocycles. The lowest BCUT2D eigenvalue weighted by Crippen LogP contribution is -2.34. The van der Waals surface area contributed by atoms with E-state index in [4.69, 9.17) is 4.74 Å². The summed E-state index contributed by atoms with van der Waals surface area (Å²) in [4.78, 5) is 4.53. The lowest BCUT2D eigenvalue weighted by Gasteiger charge is -2.40. The summed E-state index contributed by atoms with van der Waals surface area (Å²) in [6.45, 7) is 2.09. The van der Waals surface area contributed by atoms with Crippen LogP contribution < -0.4 is 4.74 Å². The van der Waals surface area contributed by atoms with E-state index in [2.05, 4.69) is 48.3 Å². The molecule has 1 aromatic heterocycles. The average molecular weight is 365 g/mol. The molecule has 0 spiro atoms. The van der Waals surface area contributed by atoms with Crippen molar-refractivity contribution in [2.24, 2.45) is 0 Å². The van der Waals surface area contributed by atoms with Gasteiger partial charge in [-0.3, -0.25) is 0 Å². The first-order valence-electron chi connectivity index (χ1n) is 9.29. The van der Waals surface area contributed by atoms with Gasteiger partial charge in [0.05, 0.1) is 5.41 Å². The molecule has 3 heteroatoms. The minimum Gasteiger partial charge on any atom is -0.508 e. The predicted molar refractivity (Wildman–Crippen MR) is 109 cm³/mol. The third-order valence-electron chi connectivity index (χ3n) is 5.46. The van der Waals surface area contributed by atoms with Crippen LogP contribution >= 0.6 is 0 Å². The third-order valence-corrected chi connectivity index (χ3v) is 5.46. The van der Waals surface area contributed by atoms with Gasteiger partial charge in [0, 0.05) is 17.3 Å². The summed E-state index contributed by atoms with van der Waals surface area (Å²) < 4.78 is 6.16. The van der Waals surface area contributed by atoms with Crippen LogP contribution in [0.15, 0.2) is 91.1 Å². The molecule has 2 heterocycles. The first-order valence-corrected chi connectivity index (χ1v) is 9.29. The number of hydrogen-bond acceptors (Lipinski definition) is 3. The number of hydrogen-bond donors (Lipinski definition) is 1. The van der Waals surface area contributed by atoms with Gasteiger partial charge < -0.3 is 9.84 Å². The Morgan fingerprint density at radius 3 is 2.14 bits per heavy atom. The van der Waals surface area contributed by atoms with Gasteiger partial charge >= 0.3 is 0 Å². The topological polar surface area (TPSA) is 42.4 Å². The molecule has 0 saturated carbocycles. The molecule has 1 N–H and O–H groups in total. The van der Waals surface area contributed by atoms with E-state index in [1.165, 1.54) is 5.56 Å². The van der Waals surface area contributed by atoms with Crippen LogP contribution in [0.4, 0.5) is 0 Å². The quantitative estimate of drug-likeness (QED) is 0.444. The summed E-state index contributed by atoms with van der Waals surface area (Å²) >= 11 is 0. The zero-order chi connectivity index (χ0) is 19.1. The SMILES string of the molecule is Cc1ccc(C2(c3ccc(O)cc3)c3ccccc3Oc3ncccc32)cc1. The lowest BCUT2D eigenvalue weighted by atomic mass is 9.64. The summed E-state index contributed by atoms with van der Waals surface area (Å²) in [5.41, 5.74) is 4.86. The zero-order valence-electron chi connectivity index (χ0n) is 15.5. The van der Waals surface area contributed by atoms with Crippen molar-refractivity contribution in [2.45, 2.75) is 12.3 Å². The lowest BCUT2D eigenvalue weighted by molar-refractivity contribution is 0.416. The average Bonchev–Trinajstić information content (AvgIpc) is 2.73. The first-order chi connectivity index (χ1) is 13.7. The van der Waals surface area contributed by atoms with E-state index in [-0.39, 0.29) is 5.75 Å². The molecular formula is C25H19NO2. The van der Waals surface area contributed by atoms with Crippen LogP contribution in [0.2, 0.25) is 0 Å². The number of aromatic nitrogens is 1. The van der Waals surface area contributed by atoms with Gasteiger partial charge in [-0.15, -0.1) is 0 Å². The molecule has 0 amide bonds. The molecule has 5 rings (SSSR count). The number of para-hydroxylation sites is 1. The van der Waals surface area contributed by atoms with E-state index < -0.39 is 5.41 Å². The molecule has 0 radical (unpaired) electrons. The van der Waals surface area contributed by atoms with Crippen LogP contribution in [0.5, 0.6) is 17.4 Å². The van der Waals surface area contributed by atoms with E-state index in [1.54, 1.807) is 18.3 Å². The molecular weight excluding hydrogens is 346 g/mol. The van der Waals surface area contributed by atoms with Crippen molar-refractivity contribution in [3.05, 3.63) is 119 Å². The van der Waals surface area contributed by atoms with Gasteiger partial charge in [0.25, 0.3) is 0 Å². The highest BCUT2D eigenvalue weighted by atomic mass is 16.5. The molecule has 0 fully saturated rings. The number of aromatic hydroxyl groups is 1. The number of phenolic OH excluding ortho intramolecular Hbond substituents is 1. The van der Waals surface area contributed by atoms with Gasteiger partial charge in [-0.1, -0.05) is 66.2 Å². The van der Waals surface area contributed by atoms with Crippen LogP contribution in [-0.4, -0.2) is 10.1 Å². The van der Waals surface area contributed by atoms with E-state index >= 15 is 0 Å². The number of ether oxygens (including phenoxy) is 1. The molecule has 3 aromatic carbocycles. The van der Waals surface area contributed by atoms with Crippen LogP contribution in [-0.2, 0) is 5.41 Å². The summed E-state index contributed by atoms with van der Waals surface area (Å²) in [5.74, 6) is 1.65. The minimum absolute atomic E-state index is 0.245. The van der Waals surface area contributed by atoms with Crippen molar-refractivity contribution < 1.29 is 9.84 Å². The van der Waals surface area contributed by atoms with Crippen molar-refractivity contribution in [1.82, 2.24) is 4.98 Å². The van der Waals surface area contributed by atoms with Crippen molar-refractivity contribution in [1.29, 1.82) is 0 Å². The first kappa shape index (κ1) is 16.6. The van der Waals surface area contributed by atoms with E-state index in [0.29, 0.717) is 5.88 Å². The normalized spacial score (nSPS) is 17.3. The summed E-state index contributed by atoms with van der Waals surface area (Å²) in [7, 11) is 0. The molecule has 3 nitrogen and oxygen atoms in total. The fraction of sp³-hybridized carbons (Fsp3) is 0.0800. The Labute approximate surface area is 163 Å². The summed E-state index contributed by atoms with van der Waals surface area (Å²) in [6.07, 6.45) is 1.75. The third kappa shape index (κ3) is 2.33. The number of aryl methyl sites for hydroxylation is 1. The Morgan fingerprint density at radius 2 is 1.39 bits per heavy atom. The highest BCUT2D eigenvalue weighted by Gasteiger charge is 2.45. The molecule has 28 heavy (non-hydrogen) atoms. The van der Waals surface area contributed by atoms with Crippen LogP contribution in [0.25, 0.3) is 0 Å². The fourth-order valence-corrected chi connectivity index (χ4v) is 4.18. The number of phenols is 1. The number of pyridine rings is 1. The minimum atomic E-state index is -0.583. The van der Waals surface area contributed by atoms with E-state index in [9.17, 15) is 5.11 Å². The van der Waals surface area contributed by atoms with Crippen molar-refractivity contribution in [3.63, 3.8) is 0 Å². The molecule has 0 aliphatic carbocycles. The molecule has 1 unspecified atom stereocenters. The molecule has 0 bridgehead atoms. The van der Waals surface area contributed by atoms with Crippen LogP contribution in [0.3, 0.4) is 0 Å². The van der Waals surface area contributed by atoms with Gasteiger partial charge in [0.15, 0.2) is 0 Å². The summed E-state index contributed by atoms with van der Waals surface area (Å²) in [6, 6.07) is 28.1. The number of fused-ring (bicyclic) bond motifs is 2. The van der Waals surface area contributed by atoms with Gasteiger partial charge in [-0.25, -0.2) is 4.98 Å². The second-order valence-electron chi connectivity index (χ2n) is 7.12. The van der Waals surface area contributed by atoms with Gasteiger partial charge in [0.2, 0.25) is 5.88 Å². The second kappa shape index (κ2) is 6.24. The standard InChI is InChI=1S/C25H19NO2/c1-17-8-10-18(11-9-17)25(19-12-14-20(27)15-13-19)21-5-2-3-7-23(21)28-24-22(25)6-4-16-26-24/h2-16,27H,1H3. The Kier molecular flexibility index (Phi) is 3.69. The number of nitrogens with zero attached hydrogens (tertiary/aromatic N) is 1. The molecule has 1 aliphatic rings. The maximum absolute atomic E-state index is 9.90.